The van der Waals surface area contributed by atoms with Crippen molar-refractivity contribution < 1.29 is 9.53 Å². The highest BCUT2D eigenvalue weighted by Crippen LogP contribution is 2.42. The number of carbonyl (C=O) groups excluding carboxylic acids is 1. The van der Waals surface area contributed by atoms with Crippen LogP contribution in [0.3, 0.4) is 0 Å². The van der Waals surface area contributed by atoms with Crippen LogP contribution >= 0.6 is 11.8 Å². The summed E-state index contributed by atoms with van der Waals surface area (Å²) >= 11 is 1.55. The lowest BCUT2D eigenvalue weighted by molar-refractivity contribution is 0.0712. The molecule has 0 spiro atoms. The second kappa shape index (κ2) is 7.87. The Morgan fingerprint density at radius 1 is 1.21 bits per heavy atom. The van der Waals surface area contributed by atoms with E-state index in [-0.39, 0.29) is 17.2 Å². The van der Waals surface area contributed by atoms with Gasteiger partial charge in [0.15, 0.2) is 5.16 Å². The first-order valence-electron chi connectivity index (χ1n) is 10.1. The minimum absolute atomic E-state index is 0.00202. The Morgan fingerprint density at radius 2 is 1.89 bits per heavy atom. The van der Waals surface area contributed by atoms with E-state index in [0.717, 1.165) is 24.4 Å². The van der Waals surface area contributed by atoms with Gasteiger partial charge in [-0.15, -0.1) is 5.10 Å². The van der Waals surface area contributed by atoms with Gasteiger partial charge >= 0.3 is 0 Å². The smallest absolute Gasteiger partial charge is 0.264 e. The van der Waals surface area contributed by atoms with E-state index in [9.17, 15) is 4.79 Å². The fourth-order valence-corrected chi connectivity index (χ4v) is 5.84. The molecule has 1 aromatic heterocycles. The van der Waals surface area contributed by atoms with Crippen molar-refractivity contribution in [3.05, 3.63) is 35.7 Å². The number of rotatable bonds is 5. The number of aromatic nitrogens is 3. The second-order valence-corrected chi connectivity index (χ2v) is 9.19. The molecule has 4 atom stereocenters. The first-order valence-corrected chi connectivity index (χ1v) is 11.0. The maximum atomic E-state index is 13.2. The van der Waals surface area contributed by atoms with Crippen LogP contribution in [-0.2, 0) is 0 Å². The van der Waals surface area contributed by atoms with Gasteiger partial charge in [-0.2, -0.15) is 4.68 Å². The molecule has 0 bridgehead atoms. The van der Waals surface area contributed by atoms with Crippen LogP contribution in [0.1, 0.15) is 49.4 Å². The van der Waals surface area contributed by atoms with Crippen molar-refractivity contribution in [2.24, 2.45) is 11.8 Å². The summed E-state index contributed by atoms with van der Waals surface area (Å²) in [7, 11) is 0. The van der Waals surface area contributed by atoms with Gasteiger partial charge in [0.2, 0.25) is 0 Å². The topological polar surface area (TPSA) is 60.3 Å². The number of benzene rings is 1. The maximum Gasteiger partial charge on any atom is 0.264 e. The lowest BCUT2D eigenvalue weighted by atomic mass is 9.89. The van der Waals surface area contributed by atoms with E-state index >= 15 is 0 Å². The van der Waals surface area contributed by atoms with Gasteiger partial charge < -0.3 is 4.74 Å². The molecule has 4 rings (SSSR count). The zero-order valence-electron chi connectivity index (χ0n) is 17.0. The van der Waals surface area contributed by atoms with E-state index < -0.39 is 0 Å². The monoisotopic (exact) mass is 400 g/mol. The number of aryl methyl sites for hydroxylation is 1. The van der Waals surface area contributed by atoms with E-state index in [1.165, 1.54) is 11.1 Å². The largest absolute Gasteiger partial charge is 0.494 e. The Morgan fingerprint density at radius 3 is 2.50 bits per heavy atom. The molecule has 28 heavy (non-hydrogen) atoms. The molecule has 7 heteroatoms. The van der Waals surface area contributed by atoms with Crippen molar-refractivity contribution in [3.8, 4) is 5.75 Å². The van der Waals surface area contributed by atoms with Crippen molar-refractivity contribution in [1.29, 1.82) is 0 Å². The number of carbonyl (C=O) groups is 1. The van der Waals surface area contributed by atoms with Crippen LogP contribution in [0, 0.1) is 18.8 Å². The Bertz CT molecular complexity index is 841. The van der Waals surface area contributed by atoms with Crippen LogP contribution in [0.4, 0.5) is 0 Å². The van der Waals surface area contributed by atoms with Crippen molar-refractivity contribution in [2.45, 2.75) is 50.6 Å². The fourth-order valence-electron chi connectivity index (χ4n) is 4.54. The van der Waals surface area contributed by atoms with Crippen molar-refractivity contribution in [2.75, 3.05) is 19.7 Å². The Labute approximate surface area is 170 Å². The van der Waals surface area contributed by atoms with E-state index in [2.05, 4.69) is 41.0 Å². The minimum Gasteiger partial charge on any atom is -0.494 e. The van der Waals surface area contributed by atoms with Crippen LogP contribution < -0.4 is 4.74 Å². The molecule has 1 fully saturated rings. The lowest BCUT2D eigenvalue weighted by Gasteiger charge is -2.41. The number of hydrogen-bond donors (Lipinski definition) is 0. The van der Waals surface area contributed by atoms with Crippen LogP contribution in [0.5, 0.6) is 5.75 Å². The van der Waals surface area contributed by atoms with Crippen LogP contribution in [0.15, 0.2) is 29.4 Å². The number of thioether (sulfide) groups is 1. The summed E-state index contributed by atoms with van der Waals surface area (Å²) in [5.41, 5.74) is 1.15. The summed E-state index contributed by atoms with van der Waals surface area (Å²) in [5, 5.41) is 4.79. The minimum atomic E-state index is -0.231. The Balaban J connectivity index is 1.67. The molecular formula is C21H28N4O2S. The molecule has 0 radical (unpaired) electrons. The van der Waals surface area contributed by atoms with Crippen molar-refractivity contribution >= 4 is 17.7 Å². The van der Waals surface area contributed by atoms with Gasteiger partial charge in [-0.25, -0.2) is 4.98 Å². The molecule has 0 saturated carbocycles. The average Bonchev–Trinajstić information content (AvgIpc) is 3.14. The lowest BCUT2D eigenvalue weighted by Crippen LogP contribution is -2.46. The molecule has 1 aromatic carbocycles. The van der Waals surface area contributed by atoms with Crippen molar-refractivity contribution in [1.82, 2.24) is 19.7 Å². The highest BCUT2D eigenvalue weighted by Gasteiger charge is 2.44. The first-order chi connectivity index (χ1) is 13.5. The van der Waals surface area contributed by atoms with Crippen LogP contribution in [0.2, 0.25) is 0 Å². The number of likely N-dealkylation sites (tertiary alicyclic amines) is 1. The van der Waals surface area contributed by atoms with Crippen LogP contribution in [0.25, 0.3) is 0 Å². The van der Waals surface area contributed by atoms with Gasteiger partial charge in [0, 0.05) is 13.1 Å². The quantitative estimate of drug-likeness (QED) is 0.760. The van der Waals surface area contributed by atoms with E-state index in [1.54, 1.807) is 11.8 Å². The summed E-state index contributed by atoms with van der Waals surface area (Å²) in [5.74, 6) is 2.78. The fraction of sp³-hybridized carbons (Fsp3) is 0.571. The third kappa shape index (κ3) is 3.70. The Kier molecular flexibility index (Phi) is 5.47. The van der Waals surface area contributed by atoms with Gasteiger partial charge in [-0.05, 0) is 49.8 Å². The van der Waals surface area contributed by atoms with Crippen molar-refractivity contribution in [3.63, 3.8) is 0 Å². The summed E-state index contributed by atoms with van der Waals surface area (Å²) in [6.45, 7) is 11.1. The number of piperidine rings is 1. The molecule has 2 aromatic rings. The van der Waals surface area contributed by atoms with Gasteiger partial charge in [-0.3, -0.25) is 9.69 Å². The molecule has 2 aliphatic rings. The highest BCUT2D eigenvalue weighted by atomic mass is 32.2. The van der Waals surface area contributed by atoms with E-state index in [1.807, 2.05) is 26.0 Å². The number of fused-ring (bicyclic) bond motifs is 1. The van der Waals surface area contributed by atoms with Gasteiger partial charge in [0.25, 0.3) is 5.91 Å². The number of ether oxygens (including phenoxy) is 1. The molecule has 2 aliphatic heterocycles. The molecule has 4 unspecified atom stereocenters. The third-order valence-corrected chi connectivity index (χ3v) is 6.67. The molecule has 0 aliphatic carbocycles. The molecule has 1 saturated heterocycles. The van der Waals surface area contributed by atoms with Gasteiger partial charge in [0.1, 0.15) is 16.8 Å². The maximum absolute atomic E-state index is 13.2. The highest BCUT2D eigenvalue weighted by molar-refractivity contribution is 8.00. The summed E-state index contributed by atoms with van der Waals surface area (Å²) in [6, 6.07) is 8.23. The standard InChI is InChI=1S/C21H28N4O2S/c1-5-27-17-8-6-16(7-9-17)18(24-11-13(2)10-14(3)12-24)19-20(26)25-21(28-19)22-15(4)23-25/h6-9,13-14,18-19H,5,10-12H2,1-4H3. The molecule has 150 valence electrons. The molecule has 0 N–H and O–H groups in total. The van der Waals surface area contributed by atoms with E-state index in [4.69, 9.17) is 4.74 Å². The normalized spacial score (nSPS) is 26.3. The summed E-state index contributed by atoms with van der Waals surface area (Å²) in [6.07, 6.45) is 1.24. The van der Waals surface area contributed by atoms with E-state index in [0.29, 0.717) is 29.4 Å². The van der Waals surface area contributed by atoms with Crippen LogP contribution in [-0.4, -0.2) is 50.5 Å². The molecular weight excluding hydrogens is 372 g/mol. The number of nitrogens with zero attached hydrogens (tertiary/aromatic N) is 4. The first kappa shape index (κ1) is 19.5. The third-order valence-electron chi connectivity index (χ3n) is 5.48. The molecule has 6 nitrogen and oxygen atoms in total. The van der Waals surface area contributed by atoms with Gasteiger partial charge in [-0.1, -0.05) is 37.7 Å². The summed E-state index contributed by atoms with van der Waals surface area (Å²) < 4.78 is 7.10. The zero-order chi connectivity index (χ0) is 19.8. The second-order valence-electron chi connectivity index (χ2n) is 8.08. The molecule has 3 heterocycles. The van der Waals surface area contributed by atoms with Gasteiger partial charge in [0.05, 0.1) is 12.6 Å². The molecule has 0 amide bonds. The number of hydrogen-bond acceptors (Lipinski definition) is 6. The zero-order valence-corrected chi connectivity index (χ0v) is 17.8. The average molecular weight is 401 g/mol. The summed E-state index contributed by atoms with van der Waals surface area (Å²) in [4.78, 5) is 20.1. The predicted octanol–water partition coefficient (Wildman–Crippen LogP) is 3.82. The Hall–Kier alpha value is -1.86. The predicted molar refractivity (Wildman–Crippen MR) is 110 cm³/mol. The SMILES string of the molecule is CCOc1ccc(C(C2Sc3nc(C)nn3C2=O)N2CC(C)CC(C)C2)cc1.